The Bertz CT molecular complexity index is 680. The van der Waals surface area contributed by atoms with Gasteiger partial charge in [-0.15, -0.1) is 0 Å². The molecular weight excluding hydrogens is 324 g/mol. The smallest absolute Gasteiger partial charge is 0.136 e. The molecule has 2 fully saturated rings. The highest BCUT2D eigenvalue weighted by Gasteiger charge is 2.33. The van der Waals surface area contributed by atoms with Crippen molar-refractivity contribution in [2.45, 2.75) is 50.7 Å². The molecule has 0 amide bonds. The Morgan fingerprint density at radius 2 is 1.96 bits per heavy atom. The minimum Gasteiger partial charge on any atom is -0.396 e. The second-order valence-corrected chi connectivity index (χ2v) is 7.63. The van der Waals surface area contributed by atoms with E-state index in [-0.39, 0.29) is 6.61 Å². The highest BCUT2D eigenvalue weighted by Crippen LogP contribution is 2.28. The van der Waals surface area contributed by atoms with Gasteiger partial charge in [0.05, 0.1) is 0 Å². The predicted molar refractivity (Wildman–Crippen MR) is 103 cm³/mol. The third kappa shape index (κ3) is 3.85. The minimum atomic E-state index is 0.284. The van der Waals surface area contributed by atoms with Crippen LogP contribution in [0.1, 0.15) is 37.8 Å². The lowest BCUT2D eigenvalue weighted by atomic mass is 10.0. The molecule has 26 heavy (non-hydrogen) atoms. The van der Waals surface area contributed by atoms with Crippen LogP contribution in [0.5, 0.6) is 0 Å². The van der Waals surface area contributed by atoms with Gasteiger partial charge < -0.3 is 9.67 Å². The van der Waals surface area contributed by atoms with Gasteiger partial charge in [-0.2, -0.15) is 0 Å². The highest BCUT2D eigenvalue weighted by molar-refractivity contribution is 5.27. The normalized spacial score (nSPS) is 22.9. The van der Waals surface area contributed by atoms with E-state index in [4.69, 9.17) is 0 Å². The summed E-state index contributed by atoms with van der Waals surface area (Å²) in [7, 11) is 0. The van der Waals surface area contributed by atoms with E-state index in [1.807, 2.05) is 18.3 Å². The zero-order chi connectivity index (χ0) is 17.8. The van der Waals surface area contributed by atoms with Crippen LogP contribution in [0.25, 0.3) is 5.82 Å². The Labute approximate surface area is 156 Å². The van der Waals surface area contributed by atoms with E-state index in [0.717, 1.165) is 44.5 Å². The first-order valence-electron chi connectivity index (χ1n) is 10.0. The molecule has 0 radical (unpaired) electrons. The summed E-state index contributed by atoms with van der Waals surface area (Å²) >= 11 is 0. The summed E-state index contributed by atoms with van der Waals surface area (Å²) in [6.07, 6.45) is 10.2. The summed E-state index contributed by atoms with van der Waals surface area (Å²) in [5.41, 5.74) is 1.28. The molecule has 5 heteroatoms. The molecule has 1 N–H and O–H groups in total. The van der Waals surface area contributed by atoms with Gasteiger partial charge >= 0.3 is 0 Å². The van der Waals surface area contributed by atoms with E-state index in [9.17, 15) is 5.11 Å². The maximum atomic E-state index is 9.56. The SMILES string of the molecule is OCCC1CN(Cc2cccn2-c2ccccn2)CCN1C1CCCC1. The van der Waals surface area contributed by atoms with Crippen molar-refractivity contribution < 1.29 is 5.11 Å². The van der Waals surface area contributed by atoms with Gasteiger partial charge in [0, 0.05) is 63.0 Å². The second-order valence-electron chi connectivity index (χ2n) is 7.63. The molecule has 140 valence electrons. The lowest BCUT2D eigenvalue weighted by Gasteiger charge is -2.44. The summed E-state index contributed by atoms with van der Waals surface area (Å²) in [6.45, 7) is 4.49. The van der Waals surface area contributed by atoms with Gasteiger partial charge in [-0.05, 0) is 43.5 Å². The second kappa shape index (κ2) is 8.33. The van der Waals surface area contributed by atoms with E-state index < -0.39 is 0 Å². The van der Waals surface area contributed by atoms with Crippen LogP contribution < -0.4 is 0 Å². The van der Waals surface area contributed by atoms with Crippen molar-refractivity contribution in [1.29, 1.82) is 0 Å². The van der Waals surface area contributed by atoms with Crippen molar-refractivity contribution in [3.8, 4) is 5.82 Å². The number of pyridine rings is 1. The fourth-order valence-corrected chi connectivity index (χ4v) is 4.69. The number of rotatable bonds is 6. The number of nitrogens with zero attached hydrogens (tertiary/aromatic N) is 4. The number of piperazine rings is 1. The number of aliphatic hydroxyl groups excluding tert-OH is 1. The van der Waals surface area contributed by atoms with E-state index in [2.05, 4.69) is 43.7 Å². The number of aromatic nitrogens is 2. The zero-order valence-electron chi connectivity index (χ0n) is 15.5. The molecule has 2 aliphatic rings. The molecule has 3 heterocycles. The molecule has 0 bridgehead atoms. The molecule has 5 nitrogen and oxygen atoms in total. The van der Waals surface area contributed by atoms with Crippen LogP contribution in [0.2, 0.25) is 0 Å². The standard InChI is InChI=1S/C21H30N4O/c26-15-10-20-17-23(13-14-24(20)18-6-1-2-7-18)16-19-8-5-12-25(19)21-9-3-4-11-22-21/h3-5,8-9,11-12,18,20,26H,1-2,6-7,10,13-17H2. The molecule has 1 saturated carbocycles. The van der Waals surface area contributed by atoms with Crippen molar-refractivity contribution in [2.75, 3.05) is 26.2 Å². The first-order valence-corrected chi connectivity index (χ1v) is 10.0. The number of aliphatic hydroxyl groups is 1. The van der Waals surface area contributed by atoms with Crippen molar-refractivity contribution in [3.05, 3.63) is 48.4 Å². The lowest BCUT2D eigenvalue weighted by molar-refractivity contribution is 0.0261. The van der Waals surface area contributed by atoms with Crippen molar-refractivity contribution in [2.24, 2.45) is 0 Å². The zero-order valence-corrected chi connectivity index (χ0v) is 15.5. The predicted octanol–water partition coefficient (Wildman–Crippen LogP) is 2.68. The van der Waals surface area contributed by atoms with Crippen molar-refractivity contribution in [3.63, 3.8) is 0 Å². The molecule has 1 aliphatic heterocycles. The van der Waals surface area contributed by atoms with Gasteiger partial charge in [0.1, 0.15) is 5.82 Å². The van der Waals surface area contributed by atoms with E-state index in [1.165, 1.54) is 31.4 Å². The molecule has 2 aromatic rings. The van der Waals surface area contributed by atoms with Gasteiger partial charge in [0.2, 0.25) is 0 Å². The van der Waals surface area contributed by atoms with Crippen molar-refractivity contribution in [1.82, 2.24) is 19.4 Å². The third-order valence-electron chi connectivity index (χ3n) is 5.98. The summed E-state index contributed by atoms with van der Waals surface area (Å²) < 4.78 is 2.18. The summed E-state index contributed by atoms with van der Waals surface area (Å²) in [5.74, 6) is 0.976. The van der Waals surface area contributed by atoms with Crippen LogP contribution >= 0.6 is 0 Å². The van der Waals surface area contributed by atoms with E-state index >= 15 is 0 Å². The van der Waals surface area contributed by atoms with Crippen LogP contribution in [0.3, 0.4) is 0 Å². The van der Waals surface area contributed by atoms with Gasteiger partial charge in [0.25, 0.3) is 0 Å². The summed E-state index contributed by atoms with van der Waals surface area (Å²) in [6, 6.07) is 11.6. The molecule has 1 atom stereocenters. The molecule has 0 aromatic carbocycles. The van der Waals surface area contributed by atoms with Gasteiger partial charge in [-0.3, -0.25) is 9.80 Å². The fourth-order valence-electron chi connectivity index (χ4n) is 4.69. The monoisotopic (exact) mass is 354 g/mol. The fraction of sp³-hybridized carbons (Fsp3) is 0.571. The van der Waals surface area contributed by atoms with Crippen LogP contribution in [0.15, 0.2) is 42.7 Å². The highest BCUT2D eigenvalue weighted by atomic mass is 16.3. The van der Waals surface area contributed by atoms with Crippen molar-refractivity contribution >= 4 is 0 Å². The largest absolute Gasteiger partial charge is 0.396 e. The van der Waals surface area contributed by atoms with E-state index in [0.29, 0.717) is 6.04 Å². The van der Waals surface area contributed by atoms with Gasteiger partial charge in [-0.25, -0.2) is 4.98 Å². The average Bonchev–Trinajstić information content (AvgIpc) is 3.35. The molecule has 2 aromatic heterocycles. The molecular formula is C21H30N4O. The van der Waals surface area contributed by atoms with Gasteiger partial charge in [0.15, 0.2) is 0 Å². The molecule has 4 rings (SSSR count). The van der Waals surface area contributed by atoms with Crippen LogP contribution in [0.4, 0.5) is 0 Å². The Hall–Kier alpha value is -1.69. The molecule has 1 aliphatic carbocycles. The van der Waals surface area contributed by atoms with Crippen LogP contribution in [-0.2, 0) is 6.54 Å². The molecule has 0 spiro atoms. The topological polar surface area (TPSA) is 44.5 Å². The first-order chi connectivity index (χ1) is 12.8. The maximum absolute atomic E-state index is 9.56. The average molecular weight is 354 g/mol. The quantitative estimate of drug-likeness (QED) is 0.866. The summed E-state index contributed by atoms with van der Waals surface area (Å²) in [4.78, 5) is 9.72. The van der Waals surface area contributed by atoms with E-state index in [1.54, 1.807) is 0 Å². The van der Waals surface area contributed by atoms with Gasteiger partial charge in [-0.1, -0.05) is 18.9 Å². The first kappa shape index (κ1) is 17.7. The maximum Gasteiger partial charge on any atom is 0.136 e. The number of hydrogen-bond acceptors (Lipinski definition) is 4. The third-order valence-corrected chi connectivity index (χ3v) is 5.98. The summed E-state index contributed by atoms with van der Waals surface area (Å²) in [5, 5.41) is 9.56. The Morgan fingerprint density at radius 1 is 1.08 bits per heavy atom. The molecule has 1 unspecified atom stereocenters. The Morgan fingerprint density at radius 3 is 2.73 bits per heavy atom. The minimum absolute atomic E-state index is 0.284. The van der Waals surface area contributed by atoms with Crippen LogP contribution in [0, 0.1) is 0 Å². The Kier molecular flexibility index (Phi) is 5.68. The molecule has 1 saturated heterocycles. The lowest BCUT2D eigenvalue weighted by Crippen LogP contribution is -2.56. The number of hydrogen-bond donors (Lipinski definition) is 1. The van der Waals surface area contributed by atoms with Crippen LogP contribution in [-0.4, -0.2) is 62.8 Å². The Balaban J connectivity index is 1.44.